The number of nitrogens with one attached hydrogen (secondary N) is 1. The zero-order valence-electron chi connectivity index (χ0n) is 20.9. The van der Waals surface area contributed by atoms with Crippen molar-refractivity contribution in [2.75, 3.05) is 38.2 Å². The number of carbonyl (C=O) groups excluding carboxylic acids is 1. The van der Waals surface area contributed by atoms with E-state index in [0.717, 1.165) is 53.8 Å². The van der Waals surface area contributed by atoms with Gasteiger partial charge in [0.05, 0.1) is 18.7 Å². The van der Waals surface area contributed by atoms with E-state index in [9.17, 15) is 4.79 Å². The van der Waals surface area contributed by atoms with Crippen LogP contribution in [-0.2, 0) is 16.0 Å². The number of nitrogens with zero attached hydrogens (tertiary/aromatic N) is 3. The Morgan fingerprint density at radius 2 is 2.14 bits per heavy atom. The second-order valence-electron chi connectivity index (χ2n) is 8.68. The van der Waals surface area contributed by atoms with E-state index in [0.29, 0.717) is 24.8 Å². The van der Waals surface area contributed by atoms with Crippen molar-refractivity contribution in [2.45, 2.75) is 32.8 Å². The first-order valence-electron chi connectivity index (χ1n) is 12.4. The highest BCUT2D eigenvalue weighted by Crippen LogP contribution is 2.32. The van der Waals surface area contributed by atoms with Gasteiger partial charge in [-0.05, 0) is 43.4 Å². The lowest BCUT2D eigenvalue weighted by atomic mass is 10.0. The molecule has 1 aromatic heterocycles. The van der Waals surface area contributed by atoms with Crippen LogP contribution in [0.1, 0.15) is 31.4 Å². The van der Waals surface area contributed by atoms with Gasteiger partial charge in [0.2, 0.25) is 0 Å². The number of likely N-dealkylation sites (N-methyl/N-ethyl adjacent to an activating group) is 1. The molecule has 0 amide bonds. The number of benzene rings is 2. The van der Waals surface area contributed by atoms with Crippen LogP contribution in [-0.4, -0.2) is 59.6 Å². The second kappa shape index (κ2) is 12.3. The van der Waals surface area contributed by atoms with E-state index in [4.69, 9.17) is 15.9 Å². The number of hydrogen-bond acceptors (Lipinski definition) is 7. The lowest BCUT2D eigenvalue weighted by Crippen LogP contribution is -2.22. The normalized spacial score (nSPS) is 15.4. The lowest BCUT2D eigenvalue weighted by Gasteiger charge is -2.17. The van der Waals surface area contributed by atoms with Gasteiger partial charge in [0, 0.05) is 47.7 Å². The van der Waals surface area contributed by atoms with Gasteiger partial charge in [-0.3, -0.25) is 4.79 Å². The molecule has 1 atom stereocenters. The van der Waals surface area contributed by atoms with E-state index >= 15 is 0 Å². The number of aromatic nitrogens is 2. The summed E-state index contributed by atoms with van der Waals surface area (Å²) in [7, 11) is 0. The Bertz CT molecular complexity index is 1270. The average Bonchev–Trinajstić information content (AvgIpc) is 3.40. The first-order valence-corrected chi connectivity index (χ1v) is 12.4. The number of terminal acetylenes is 1. The van der Waals surface area contributed by atoms with Crippen LogP contribution < -0.4 is 10.1 Å². The zero-order chi connectivity index (χ0) is 25.3. The van der Waals surface area contributed by atoms with Crippen LogP contribution in [0, 0.1) is 12.3 Å². The maximum Gasteiger partial charge on any atom is 0.159 e. The Labute approximate surface area is 212 Å². The van der Waals surface area contributed by atoms with E-state index in [1.165, 1.54) is 6.33 Å². The monoisotopic (exact) mass is 484 g/mol. The summed E-state index contributed by atoms with van der Waals surface area (Å²) in [5.74, 6) is 3.95. The van der Waals surface area contributed by atoms with Crippen molar-refractivity contribution in [2.24, 2.45) is 0 Å². The number of rotatable bonds is 11. The standard InChI is InChI=1S/C29H32N4O3/c1-4-21-9-7-10-23(15-21)32-29-26-17-22(16-24(34)11-8-13-33(5-2)6-3)28(18-27(26)30-20-31-29)36-25-12-14-35-19-25/h1,7-11,15,17-18,20,25H,5-6,12-14,16,19H2,2-3H3,(H,30,31,32)/b11-8+/t25-/m1/s1. The number of hydrogen-bond donors (Lipinski definition) is 1. The third-order valence-corrected chi connectivity index (χ3v) is 6.22. The quantitative estimate of drug-likeness (QED) is 0.316. The summed E-state index contributed by atoms with van der Waals surface area (Å²) in [4.78, 5) is 24.1. The highest BCUT2D eigenvalue weighted by Gasteiger charge is 2.21. The Hall–Kier alpha value is -3.73. The van der Waals surface area contributed by atoms with Gasteiger partial charge in [-0.15, -0.1) is 6.42 Å². The maximum atomic E-state index is 12.9. The van der Waals surface area contributed by atoms with Crippen LogP contribution in [0.25, 0.3) is 10.9 Å². The van der Waals surface area contributed by atoms with Crippen molar-refractivity contribution in [3.8, 4) is 18.1 Å². The largest absolute Gasteiger partial charge is 0.488 e. The molecule has 0 aliphatic carbocycles. The van der Waals surface area contributed by atoms with E-state index < -0.39 is 0 Å². The van der Waals surface area contributed by atoms with Crippen molar-refractivity contribution in [3.05, 3.63) is 66.0 Å². The highest BCUT2D eigenvalue weighted by atomic mass is 16.5. The molecule has 2 heterocycles. The third kappa shape index (κ3) is 6.48. The van der Waals surface area contributed by atoms with Gasteiger partial charge in [-0.1, -0.05) is 31.9 Å². The molecule has 1 saturated heterocycles. The van der Waals surface area contributed by atoms with Gasteiger partial charge in [-0.2, -0.15) is 0 Å². The predicted molar refractivity (Wildman–Crippen MR) is 143 cm³/mol. The highest BCUT2D eigenvalue weighted by molar-refractivity contribution is 5.96. The number of fused-ring (bicyclic) bond motifs is 1. The molecule has 0 unspecified atom stereocenters. The van der Waals surface area contributed by atoms with Crippen molar-refractivity contribution < 1.29 is 14.3 Å². The molecule has 0 spiro atoms. The molecular weight excluding hydrogens is 452 g/mol. The zero-order valence-corrected chi connectivity index (χ0v) is 20.9. The van der Waals surface area contributed by atoms with E-state index in [-0.39, 0.29) is 18.3 Å². The summed E-state index contributed by atoms with van der Waals surface area (Å²) in [5.41, 5.74) is 3.12. The molecule has 4 rings (SSSR count). The van der Waals surface area contributed by atoms with Gasteiger partial charge in [0.15, 0.2) is 5.78 Å². The maximum absolute atomic E-state index is 12.9. The van der Waals surface area contributed by atoms with Crippen molar-refractivity contribution >= 4 is 28.2 Å². The molecule has 2 aromatic carbocycles. The number of allylic oxidation sites excluding steroid dienone is 1. The van der Waals surface area contributed by atoms with Crippen LogP contribution in [0.5, 0.6) is 5.75 Å². The minimum Gasteiger partial charge on any atom is -0.488 e. The van der Waals surface area contributed by atoms with Crippen molar-refractivity contribution in [1.29, 1.82) is 0 Å². The fourth-order valence-corrected chi connectivity index (χ4v) is 4.15. The minimum atomic E-state index is -0.0413. The smallest absolute Gasteiger partial charge is 0.159 e. The first-order chi connectivity index (χ1) is 17.6. The fourth-order valence-electron chi connectivity index (χ4n) is 4.15. The van der Waals surface area contributed by atoms with Gasteiger partial charge in [-0.25, -0.2) is 9.97 Å². The third-order valence-electron chi connectivity index (χ3n) is 6.22. The van der Waals surface area contributed by atoms with Crippen LogP contribution in [0.15, 0.2) is 54.9 Å². The molecule has 36 heavy (non-hydrogen) atoms. The molecular formula is C29H32N4O3. The van der Waals surface area contributed by atoms with Gasteiger partial charge >= 0.3 is 0 Å². The van der Waals surface area contributed by atoms with Gasteiger partial charge < -0.3 is 19.7 Å². The molecule has 186 valence electrons. The summed E-state index contributed by atoms with van der Waals surface area (Å²) < 4.78 is 11.8. The topological polar surface area (TPSA) is 76.6 Å². The van der Waals surface area contributed by atoms with Gasteiger partial charge in [0.25, 0.3) is 0 Å². The summed E-state index contributed by atoms with van der Waals surface area (Å²) >= 11 is 0. The molecule has 0 bridgehead atoms. The predicted octanol–water partition coefficient (Wildman–Crippen LogP) is 4.53. The Morgan fingerprint density at radius 3 is 2.89 bits per heavy atom. The number of ether oxygens (including phenoxy) is 2. The van der Waals surface area contributed by atoms with Crippen LogP contribution in [0.4, 0.5) is 11.5 Å². The fraction of sp³-hybridized carbons (Fsp3) is 0.345. The first kappa shape index (κ1) is 25.4. The van der Waals surface area contributed by atoms with Crippen LogP contribution in [0.2, 0.25) is 0 Å². The van der Waals surface area contributed by atoms with Crippen LogP contribution >= 0.6 is 0 Å². The summed E-state index contributed by atoms with van der Waals surface area (Å²) in [6.07, 6.45) is 11.6. The number of ketones is 1. The number of carbonyl (C=O) groups is 1. The molecule has 3 aromatic rings. The van der Waals surface area contributed by atoms with E-state index in [1.54, 1.807) is 6.08 Å². The van der Waals surface area contributed by atoms with Crippen molar-refractivity contribution in [1.82, 2.24) is 14.9 Å². The van der Waals surface area contributed by atoms with Crippen LogP contribution in [0.3, 0.4) is 0 Å². The molecule has 1 aliphatic rings. The Balaban J connectivity index is 1.64. The Kier molecular flexibility index (Phi) is 8.66. The number of anilines is 2. The molecule has 1 fully saturated rings. The molecule has 7 heteroatoms. The minimum absolute atomic E-state index is 0.0158. The van der Waals surface area contributed by atoms with Crippen molar-refractivity contribution in [3.63, 3.8) is 0 Å². The van der Waals surface area contributed by atoms with E-state index in [1.807, 2.05) is 42.5 Å². The molecule has 0 radical (unpaired) electrons. The Morgan fingerprint density at radius 1 is 1.28 bits per heavy atom. The summed E-state index contributed by atoms with van der Waals surface area (Å²) in [6.45, 7) is 8.08. The second-order valence-corrected chi connectivity index (χ2v) is 8.68. The molecule has 1 N–H and O–H groups in total. The molecule has 0 saturated carbocycles. The molecule has 1 aliphatic heterocycles. The van der Waals surface area contributed by atoms with Gasteiger partial charge in [0.1, 0.15) is 24.0 Å². The average molecular weight is 485 g/mol. The summed E-state index contributed by atoms with van der Waals surface area (Å²) in [6, 6.07) is 11.4. The molecule has 7 nitrogen and oxygen atoms in total. The lowest BCUT2D eigenvalue weighted by molar-refractivity contribution is -0.114. The SMILES string of the molecule is C#Cc1cccc(Nc2ncnc3cc(O[C@@H]4CCOC4)c(CC(=O)/C=C/CN(CC)CC)cc23)c1. The summed E-state index contributed by atoms with van der Waals surface area (Å²) in [5, 5.41) is 4.14. The van der Waals surface area contributed by atoms with E-state index in [2.05, 4.69) is 40.0 Å².